The molecular weight excluding hydrogens is 685 g/mol. The van der Waals surface area contributed by atoms with Crippen LogP contribution in [0.4, 0.5) is 0 Å². The van der Waals surface area contributed by atoms with Crippen LogP contribution < -0.4 is 5.32 Å². The van der Waals surface area contributed by atoms with Crippen LogP contribution in [0.15, 0.2) is 42.5 Å². The van der Waals surface area contributed by atoms with E-state index in [1.165, 1.54) is 122 Å². The van der Waals surface area contributed by atoms with E-state index in [2.05, 4.69) is 19.2 Å². The second kappa shape index (κ2) is 34.5. The zero-order chi connectivity index (χ0) is 38.7. The number of esters is 1. The lowest BCUT2D eigenvalue weighted by Crippen LogP contribution is -2.47. The number of carbonyl (C=O) groups excluding carboxylic acids is 2. The number of carbonyl (C=O) groups is 2. The molecule has 0 fully saturated rings. The Hall–Kier alpha value is -1.99. The smallest absolute Gasteiger partial charge is 0.452 e. The van der Waals surface area contributed by atoms with Gasteiger partial charge in [-0.15, -0.1) is 0 Å². The zero-order valence-corrected chi connectivity index (χ0v) is 34.9. The first-order valence-electron chi connectivity index (χ1n) is 21.7. The Bertz CT molecular complexity index is 1080. The van der Waals surface area contributed by atoms with Gasteiger partial charge >= 0.3 is 13.8 Å². The average Bonchev–Trinajstić information content (AvgIpc) is 3.16. The first-order valence-corrected chi connectivity index (χ1v) is 23.2. The predicted octanol–water partition coefficient (Wildman–Crippen LogP) is 13.0. The molecule has 1 rings (SSSR count). The summed E-state index contributed by atoms with van der Waals surface area (Å²) in [5.41, 5.74) is 0.383. The summed E-state index contributed by atoms with van der Waals surface area (Å²) in [6, 6.07) is 7.82. The third kappa shape index (κ3) is 29.0. The van der Waals surface area contributed by atoms with Crippen LogP contribution >= 0.6 is 7.82 Å². The Balaban J connectivity index is 2.72. The van der Waals surface area contributed by atoms with E-state index in [9.17, 15) is 19.0 Å². The van der Waals surface area contributed by atoms with Gasteiger partial charge in [-0.25, -0.2) is 9.36 Å². The highest BCUT2D eigenvalue weighted by Gasteiger charge is 2.30. The minimum Gasteiger partial charge on any atom is -0.452 e. The van der Waals surface area contributed by atoms with Gasteiger partial charge in [-0.3, -0.25) is 13.8 Å². The monoisotopic (exact) mass is 764 g/mol. The summed E-state index contributed by atoms with van der Waals surface area (Å²) in [5.74, 6) is -0.747. The molecule has 0 saturated carbocycles. The van der Waals surface area contributed by atoms with Crippen molar-refractivity contribution >= 4 is 19.7 Å². The number of ether oxygens (including phenoxy) is 1. The standard InChI is InChI=1S/C44H78NO7P/c1-4-7-9-11-13-15-17-19-21-23-25-27-32-36-42(52-44(47)40-34-30-29-31-35-40)41(39-51-53(48,49)50-38-6-3)45-43(46)37-33-28-26-24-22-20-18-16-14-12-10-8-5-2/h29-32,34-36,41-42H,4-28,33,37-39H2,1-3H3,(H,45,46)(H,48,49)/b36-32+/t41-,42?/m0/s1. The van der Waals surface area contributed by atoms with Crippen LogP contribution in [0.25, 0.3) is 0 Å². The van der Waals surface area contributed by atoms with Gasteiger partial charge in [0.1, 0.15) is 6.10 Å². The number of allylic oxidation sites excluding steroid dienone is 1. The number of nitrogens with one attached hydrogen (secondary N) is 1. The molecule has 1 aromatic carbocycles. The summed E-state index contributed by atoms with van der Waals surface area (Å²) in [4.78, 5) is 36.7. The van der Waals surface area contributed by atoms with Crippen molar-refractivity contribution in [2.24, 2.45) is 0 Å². The van der Waals surface area contributed by atoms with Gasteiger partial charge in [0, 0.05) is 6.42 Å². The first-order chi connectivity index (χ1) is 25.8. The van der Waals surface area contributed by atoms with Crippen molar-refractivity contribution in [2.75, 3.05) is 13.2 Å². The number of phosphoric ester groups is 1. The molecule has 3 atom stereocenters. The highest BCUT2D eigenvalue weighted by atomic mass is 31.2. The maximum Gasteiger partial charge on any atom is 0.472 e. The molecule has 0 aliphatic rings. The average molecular weight is 764 g/mol. The van der Waals surface area contributed by atoms with Gasteiger partial charge in [0.05, 0.1) is 24.8 Å². The Kier molecular flexibility index (Phi) is 31.9. The molecule has 0 aliphatic heterocycles. The fraction of sp³-hybridized carbons (Fsp3) is 0.773. The van der Waals surface area contributed by atoms with E-state index in [-0.39, 0.29) is 19.1 Å². The van der Waals surface area contributed by atoms with Crippen molar-refractivity contribution in [3.63, 3.8) is 0 Å². The number of rotatable bonds is 37. The maximum absolute atomic E-state index is 13.2. The van der Waals surface area contributed by atoms with Crippen molar-refractivity contribution in [3.8, 4) is 0 Å². The van der Waals surface area contributed by atoms with Crippen LogP contribution in [-0.2, 0) is 23.1 Å². The number of benzene rings is 1. The molecule has 8 nitrogen and oxygen atoms in total. The number of unbranched alkanes of at least 4 members (excludes halogenated alkanes) is 23. The van der Waals surface area contributed by atoms with E-state index in [0.29, 0.717) is 18.4 Å². The number of hydrogen-bond donors (Lipinski definition) is 2. The molecule has 0 aromatic heterocycles. The molecule has 2 unspecified atom stereocenters. The third-order valence-electron chi connectivity index (χ3n) is 9.68. The quantitative estimate of drug-likeness (QED) is 0.0300. The summed E-state index contributed by atoms with van der Waals surface area (Å²) >= 11 is 0. The minimum absolute atomic E-state index is 0.0646. The van der Waals surface area contributed by atoms with Crippen LogP contribution in [0.5, 0.6) is 0 Å². The number of amides is 1. The van der Waals surface area contributed by atoms with Crippen molar-refractivity contribution in [2.45, 2.75) is 206 Å². The summed E-state index contributed by atoms with van der Waals surface area (Å²) in [6.07, 6.45) is 34.3. The van der Waals surface area contributed by atoms with Crippen LogP contribution in [0.3, 0.4) is 0 Å². The molecule has 1 aromatic rings. The topological polar surface area (TPSA) is 111 Å². The molecule has 306 valence electrons. The molecule has 53 heavy (non-hydrogen) atoms. The Morgan fingerprint density at radius 1 is 0.660 bits per heavy atom. The molecular formula is C44H78NO7P. The van der Waals surface area contributed by atoms with Gasteiger partial charge in [-0.2, -0.15) is 0 Å². The number of hydrogen-bond acceptors (Lipinski definition) is 6. The summed E-state index contributed by atoms with van der Waals surface area (Å²) in [5, 5.41) is 2.96. The van der Waals surface area contributed by atoms with Crippen molar-refractivity contribution in [1.82, 2.24) is 5.32 Å². The zero-order valence-electron chi connectivity index (χ0n) is 34.0. The molecule has 0 saturated heterocycles. The molecule has 0 radical (unpaired) electrons. The second-order valence-electron chi connectivity index (χ2n) is 14.8. The Morgan fingerprint density at radius 3 is 1.62 bits per heavy atom. The van der Waals surface area contributed by atoms with Gasteiger partial charge in [-0.1, -0.05) is 186 Å². The molecule has 0 heterocycles. The minimum atomic E-state index is -4.37. The Labute approximate surface area is 324 Å². The van der Waals surface area contributed by atoms with Crippen molar-refractivity contribution < 1.29 is 32.8 Å². The molecule has 0 aliphatic carbocycles. The van der Waals surface area contributed by atoms with E-state index in [0.717, 1.165) is 38.5 Å². The van der Waals surface area contributed by atoms with Crippen LogP contribution in [0.1, 0.15) is 204 Å². The van der Waals surface area contributed by atoms with E-state index >= 15 is 0 Å². The van der Waals surface area contributed by atoms with Crippen LogP contribution in [0.2, 0.25) is 0 Å². The summed E-state index contributed by atoms with van der Waals surface area (Å²) in [7, 11) is -4.37. The fourth-order valence-electron chi connectivity index (χ4n) is 6.40. The highest BCUT2D eigenvalue weighted by molar-refractivity contribution is 7.47. The van der Waals surface area contributed by atoms with Gasteiger partial charge < -0.3 is 14.9 Å². The lowest BCUT2D eigenvalue weighted by atomic mass is 10.0. The first kappa shape index (κ1) is 49.0. The van der Waals surface area contributed by atoms with Crippen LogP contribution in [-0.4, -0.2) is 42.1 Å². The second-order valence-corrected chi connectivity index (χ2v) is 16.2. The SMILES string of the molecule is CCCCCCCCCCCCC/C=C/C(OC(=O)c1ccccc1)[C@H](COP(=O)(O)OCCC)NC(=O)CCCCCCCCCCCCCCC. The fourth-order valence-corrected chi connectivity index (χ4v) is 7.23. The molecule has 1 amide bonds. The van der Waals surface area contributed by atoms with Crippen LogP contribution in [0, 0.1) is 0 Å². The van der Waals surface area contributed by atoms with E-state index in [1.807, 2.05) is 19.1 Å². The third-order valence-corrected chi connectivity index (χ3v) is 10.7. The summed E-state index contributed by atoms with van der Waals surface area (Å²) < 4.78 is 28.9. The van der Waals surface area contributed by atoms with Gasteiger partial charge in [0.25, 0.3) is 0 Å². The lowest BCUT2D eigenvalue weighted by Gasteiger charge is -2.26. The lowest BCUT2D eigenvalue weighted by molar-refractivity contribution is -0.123. The summed E-state index contributed by atoms with van der Waals surface area (Å²) in [6.45, 7) is 6.05. The maximum atomic E-state index is 13.2. The van der Waals surface area contributed by atoms with Crippen molar-refractivity contribution in [3.05, 3.63) is 48.0 Å². The predicted molar refractivity (Wildman–Crippen MR) is 220 cm³/mol. The number of phosphoric acid groups is 1. The molecule has 2 N–H and O–H groups in total. The van der Waals surface area contributed by atoms with E-state index < -0.39 is 25.9 Å². The normalized spacial score (nSPS) is 13.9. The van der Waals surface area contributed by atoms with E-state index in [4.69, 9.17) is 13.8 Å². The molecule has 9 heteroatoms. The molecule has 0 bridgehead atoms. The van der Waals surface area contributed by atoms with Crippen molar-refractivity contribution in [1.29, 1.82) is 0 Å². The van der Waals surface area contributed by atoms with E-state index in [1.54, 1.807) is 30.3 Å². The van der Waals surface area contributed by atoms with Gasteiger partial charge in [0.15, 0.2) is 0 Å². The highest BCUT2D eigenvalue weighted by Crippen LogP contribution is 2.43. The largest absolute Gasteiger partial charge is 0.472 e. The van der Waals surface area contributed by atoms with Gasteiger partial charge in [-0.05, 0) is 43.9 Å². The van der Waals surface area contributed by atoms with Gasteiger partial charge in [0.2, 0.25) is 5.91 Å². The molecule has 0 spiro atoms. The Morgan fingerprint density at radius 2 is 1.13 bits per heavy atom.